The van der Waals surface area contributed by atoms with Crippen LogP contribution in [0, 0.1) is 0 Å². The molecule has 0 N–H and O–H groups in total. The lowest BCUT2D eigenvalue weighted by molar-refractivity contribution is -0.135. The zero-order chi connectivity index (χ0) is 14.8. The van der Waals surface area contributed by atoms with Gasteiger partial charge in [-0.1, -0.05) is 23.3 Å². The molecule has 1 heterocycles. The molecule has 0 radical (unpaired) electrons. The number of benzene rings is 1. The van der Waals surface area contributed by atoms with Crippen LogP contribution in [-0.4, -0.2) is 31.4 Å². The van der Waals surface area contributed by atoms with Crippen molar-refractivity contribution < 1.29 is 22.5 Å². The number of ether oxygens (including phenoxy) is 1. The second-order valence-corrected chi connectivity index (χ2v) is 5.05. The minimum atomic E-state index is -5.13. The smallest absolute Gasteiger partial charge is 0.420 e. The monoisotopic (exact) mass is 298 g/mol. The van der Waals surface area contributed by atoms with E-state index < -0.39 is 26.1 Å². The first-order chi connectivity index (χ1) is 9.43. The van der Waals surface area contributed by atoms with Crippen molar-refractivity contribution in [2.75, 3.05) is 6.61 Å². The van der Waals surface area contributed by atoms with Crippen LogP contribution in [-0.2, 0) is 19.8 Å². The minimum absolute atomic E-state index is 0.00839. The Hall–Kier alpha value is -2.17. The number of rotatable bonds is 4. The Morgan fingerprint density at radius 1 is 1.35 bits per heavy atom. The summed E-state index contributed by atoms with van der Waals surface area (Å²) in [5, 5.41) is 9.86. The summed E-state index contributed by atoms with van der Waals surface area (Å²) in [7, 11) is -5.13. The molecule has 0 saturated heterocycles. The Labute approximate surface area is 114 Å². The van der Waals surface area contributed by atoms with Crippen LogP contribution in [0.4, 0.5) is 5.69 Å². The van der Waals surface area contributed by atoms with Crippen molar-refractivity contribution in [1.82, 2.24) is 4.00 Å². The zero-order valence-corrected chi connectivity index (χ0v) is 11.1. The molecule has 106 valence electrons. The number of nitrogens with zero attached hydrogens (tertiary/aromatic N) is 4. The third kappa shape index (κ3) is 2.09. The highest BCUT2D eigenvalue weighted by atomic mass is 32.2. The SMILES string of the molecule is CCOC(=O)C1=NN=N[N+]1(c1ccccc1)S(=O)(=O)[O-]. The Balaban J connectivity index is 2.64. The molecule has 0 aromatic heterocycles. The molecule has 1 atom stereocenters. The maximum atomic E-state index is 11.8. The van der Waals surface area contributed by atoms with E-state index in [0.29, 0.717) is 0 Å². The standard InChI is InChI=1S/C10H10N4O5S/c1-2-19-10(15)9-11-12-13-14(9,20(16,17)18)8-6-4-3-5-7-8/h3-7H,2H2,1H3. The van der Waals surface area contributed by atoms with E-state index in [-0.39, 0.29) is 12.3 Å². The van der Waals surface area contributed by atoms with E-state index in [4.69, 9.17) is 0 Å². The van der Waals surface area contributed by atoms with Gasteiger partial charge in [-0.15, -0.1) is 0 Å². The van der Waals surface area contributed by atoms with Gasteiger partial charge in [0.15, 0.2) is 5.69 Å². The molecule has 0 spiro atoms. The van der Waals surface area contributed by atoms with Gasteiger partial charge in [-0.2, -0.15) is 8.42 Å². The Morgan fingerprint density at radius 2 is 2.00 bits per heavy atom. The van der Waals surface area contributed by atoms with Gasteiger partial charge < -0.3 is 9.29 Å². The Bertz CT molecular complexity index is 685. The maximum Gasteiger partial charge on any atom is 0.420 e. The second kappa shape index (κ2) is 5.07. The van der Waals surface area contributed by atoms with E-state index in [0.717, 1.165) is 0 Å². The number of hydrogen-bond donors (Lipinski definition) is 0. The first-order valence-electron chi connectivity index (χ1n) is 5.52. The molecule has 0 aliphatic carbocycles. The number of para-hydroxylation sites is 1. The van der Waals surface area contributed by atoms with E-state index in [1.807, 2.05) is 0 Å². The average Bonchev–Trinajstić information content (AvgIpc) is 2.85. The molecule has 10 heteroatoms. The summed E-state index contributed by atoms with van der Waals surface area (Å²) in [4.78, 5) is 11.8. The molecular weight excluding hydrogens is 288 g/mol. The van der Waals surface area contributed by atoms with E-state index >= 15 is 0 Å². The van der Waals surface area contributed by atoms with Gasteiger partial charge in [-0.25, -0.2) is 4.79 Å². The summed E-state index contributed by atoms with van der Waals surface area (Å²) in [6.45, 7) is 1.52. The Kier molecular flexibility index (Phi) is 3.61. The van der Waals surface area contributed by atoms with Gasteiger partial charge in [0.1, 0.15) is 0 Å². The third-order valence-electron chi connectivity index (χ3n) is 2.48. The van der Waals surface area contributed by atoms with Gasteiger partial charge in [0, 0.05) is 21.4 Å². The summed E-state index contributed by atoms with van der Waals surface area (Å²) in [5.41, 5.74) is -0.0736. The van der Waals surface area contributed by atoms with E-state index in [9.17, 15) is 17.8 Å². The highest BCUT2D eigenvalue weighted by Crippen LogP contribution is 2.32. The van der Waals surface area contributed by atoms with Crippen LogP contribution in [0.3, 0.4) is 0 Å². The van der Waals surface area contributed by atoms with Crippen molar-refractivity contribution in [2.45, 2.75) is 6.92 Å². The summed E-state index contributed by atoms with van der Waals surface area (Å²) in [6, 6.07) is 7.27. The first kappa shape index (κ1) is 14.2. The molecule has 2 rings (SSSR count). The fourth-order valence-corrected chi connectivity index (χ4v) is 2.49. The molecule has 1 unspecified atom stereocenters. The van der Waals surface area contributed by atoms with Crippen LogP contribution in [0.2, 0.25) is 0 Å². The van der Waals surface area contributed by atoms with Crippen LogP contribution in [0.15, 0.2) is 45.9 Å². The molecule has 9 nitrogen and oxygen atoms in total. The molecule has 1 aliphatic rings. The van der Waals surface area contributed by atoms with Crippen LogP contribution in [0.25, 0.3) is 0 Å². The maximum absolute atomic E-state index is 11.8. The largest absolute Gasteiger partial charge is 0.699 e. The minimum Gasteiger partial charge on any atom is -0.699 e. The van der Waals surface area contributed by atoms with Gasteiger partial charge in [0.2, 0.25) is 0 Å². The summed E-state index contributed by atoms with van der Waals surface area (Å²) < 4.78 is 38.0. The molecule has 1 aromatic rings. The third-order valence-corrected chi connectivity index (χ3v) is 3.58. The lowest BCUT2D eigenvalue weighted by Crippen LogP contribution is -2.55. The van der Waals surface area contributed by atoms with Crippen molar-refractivity contribution in [3.63, 3.8) is 0 Å². The van der Waals surface area contributed by atoms with Gasteiger partial charge in [0.05, 0.1) is 11.8 Å². The number of carbonyl (C=O) groups excluding carboxylic acids is 1. The molecule has 1 aliphatic heterocycles. The van der Waals surface area contributed by atoms with E-state index in [2.05, 4.69) is 20.3 Å². The van der Waals surface area contributed by atoms with Crippen LogP contribution < -0.4 is 4.00 Å². The van der Waals surface area contributed by atoms with Crippen molar-refractivity contribution in [3.05, 3.63) is 30.3 Å². The molecule has 0 bridgehead atoms. The summed E-state index contributed by atoms with van der Waals surface area (Å²) in [6.07, 6.45) is 0. The fraction of sp³-hybridized carbons (Fsp3) is 0.200. The van der Waals surface area contributed by atoms with Crippen molar-refractivity contribution in [3.8, 4) is 0 Å². The summed E-state index contributed by atoms with van der Waals surface area (Å²) >= 11 is 0. The molecule has 0 saturated carbocycles. The number of hydrogen-bond acceptors (Lipinski definition) is 8. The summed E-state index contributed by atoms with van der Waals surface area (Å²) in [5.74, 6) is -1.78. The molecule has 20 heavy (non-hydrogen) atoms. The number of amidine groups is 1. The quantitative estimate of drug-likeness (QED) is 0.460. The van der Waals surface area contributed by atoms with Gasteiger partial charge >= 0.3 is 11.8 Å². The molecule has 0 amide bonds. The highest BCUT2D eigenvalue weighted by molar-refractivity contribution is 7.86. The van der Waals surface area contributed by atoms with Crippen LogP contribution >= 0.6 is 0 Å². The first-order valence-corrected chi connectivity index (χ1v) is 6.88. The van der Waals surface area contributed by atoms with E-state index in [1.54, 1.807) is 6.07 Å². The molecule has 0 fully saturated rings. The lowest BCUT2D eigenvalue weighted by Gasteiger charge is -2.26. The van der Waals surface area contributed by atoms with Gasteiger partial charge in [-0.3, -0.25) is 0 Å². The molecule has 1 aromatic carbocycles. The fourth-order valence-electron chi connectivity index (χ4n) is 1.67. The zero-order valence-electron chi connectivity index (χ0n) is 10.3. The van der Waals surface area contributed by atoms with Crippen molar-refractivity contribution in [2.24, 2.45) is 15.5 Å². The van der Waals surface area contributed by atoms with Crippen molar-refractivity contribution >= 4 is 27.8 Å². The number of quaternary nitrogens is 1. The predicted octanol–water partition coefficient (Wildman–Crippen LogP) is 0.712. The average molecular weight is 298 g/mol. The highest BCUT2D eigenvalue weighted by Gasteiger charge is 2.54. The normalized spacial score (nSPS) is 21.6. The Morgan fingerprint density at radius 3 is 2.55 bits per heavy atom. The van der Waals surface area contributed by atoms with Gasteiger partial charge in [0.25, 0.3) is 10.3 Å². The number of esters is 1. The second-order valence-electron chi connectivity index (χ2n) is 3.66. The van der Waals surface area contributed by atoms with E-state index in [1.165, 1.54) is 31.2 Å². The number of carbonyl (C=O) groups is 1. The molecular formula is C10H10N4O5S. The lowest BCUT2D eigenvalue weighted by atomic mass is 10.3. The van der Waals surface area contributed by atoms with Crippen LogP contribution in [0.1, 0.15) is 6.92 Å². The van der Waals surface area contributed by atoms with Crippen LogP contribution in [0.5, 0.6) is 0 Å². The van der Waals surface area contributed by atoms with Gasteiger partial charge in [-0.05, 0) is 6.92 Å². The van der Waals surface area contributed by atoms with Crippen molar-refractivity contribution in [1.29, 1.82) is 0 Å². The topological polar surface area (TPSA) is 121 Å². The predicted molar refractivity (Wildman–Crippen MR) is 66.9 cm³/mol.